The molecule has 0 aliphatic carbocycles. The van der Waals surface area contributed by atoms with E-state index in [4.69, 9.17) is 15.0 Å². The Morgan fingerprint density at radius 2 is 0.917 bits per heavy atom. The highest BCUT2D eigenvalue weighted by Crippen LogP contribution is 2.31. The number of rotatable bonds is 3. The maximum absolute atomic E-state index is 5.14. The van der Waals surface area contributed by atoms with Crippen LogP contribution in [0.4, 0.5) is 0 Å². The number of hydrogen-bond acceptors (Lipinski definition) is 3. The lowest BCUT2D eigenvalue weighted by molar-refractivity contribution is 1.27. The molecule has 0 N–H and O–H groups in total. The molecular formula is C33H21N3. The average molecular weight is 460 g/mol. The number of benzene rings is 4. The fourth-order valence-electron chi connectivity index (χ4n) is 4.86. The van der Waals surface area contributed by atoms with Gasteiger partial charge in [0.15, 0.2) is 0 Å². The first-order valence-corrected chi connectivity index (χ1v) is 12.0. The molecule has 0 aliphatic rings. The Bertz CT molecular complexity index is 1890. The van der Waals surface area contributed by atoms with E-state index in [0.29, 0.717) is 0 Å². The van der Waals surface area contributed by atoms with Gasteiger partial charge in [-0.25, -0.2) is 15.0 Å². The maximum atomic E-state index is 5.14. The number of nitrogens with zero attached hydrogens (tertiary/aromatic N) is 3. The van der Waals surface area contributed by atoms with E-state index in [1.54, 1.807) is 0 Å². The largest absolute Gasteiger partial charge is 0.246 e. The normalized spacial score (nSPS) is 11.3. The predicted molar refractivity (Wildman–Crippen MR) is 149 cm³/mol. The second-order valence-electron chi connectivity index (χ2n) is 8.90. The zero-order chi connectivity index (χ0) is 23.9. The highest BCUT2D eigenvalue weighted by Gasteiger charge is 2.11. The molecule has 0 spiro atoms. The van der Waals surface area contributed by atoms with Crippen LogP contribution in [0, 0.1) is 0 Å². The minimum atomic E-state index is 0.838. The SMILES string of the molecule is c1ccc(-c2cccc(-c3ccc4ccc5ccc(-c6cccc7ccccc67)nc5c4n3)n2)cc1. The maximum Gasteiger partial charge on any atom is 0.0973 e. The molecule has 0 unspecified atom stereocenters. The van der Waals surface area contributed by atoms with Gasteiger partial charge >= 0.3 is 0 Å². The summed E-state index contributed by atoms with van der Waals surface area (Å²) in [5.41, 5.74) is 7.57. The second kappa shape index (κ2) is 8.40. The summed E-state index contributed by atoms with van der Waals surface area (Å²) in [4.78, 5) is 15.1. The van der Waals surface area contributed by atoms with Crippen LogP contribution in [0.5, 0.6) is 0 Å². The van der Waals surface area contributed by atoms with Crippen molar-refractivity contribution in [2.24, 2.45) is 0 Å². The number of fused-ring (bicyclic) bond motifs is 4. The summed E-state index contributed by atoms with van der Waals surface area (Å²) in [6, 6.07) is 43.8. The topological polar surface area (TPSA) is 38.7 Å². The zero-order valence-electron chi connectivity index (χ0n) is 19.5. The fourth-order valence-corrected chi connectivity index (χ4v) is 4.86. The van der Waals surface area contributed by atoms with Crippen LogP contribution in [0.2, 0.25) is 0 Å². The molecule has 0 saturated carbocycles. The van der Waals surface area contributed by atoms with Gasteiger partial charge < -0.3 is 0 Å². The van der Waals surface area contributed by atoms with Crippen molar-refractivity contribution in [1.29, 1.82) is 0 Å². The van der Waals surface area contributed by atoms with E-state index in [0.717, 1.165) is 55.7 Å². The molecular weight excluding hydrogens is 438 g/mol. The van der Waals surface area contributed by atoms with E-state index < -0.39 is 0 Å². The molecule has 0 atom stereocenters. The summed E-state index contributed by atoms with van der Waals surface area (Å²) in [5, 5.41) is 4.54. The molecule has 0 radical (unpaired) electrons. The highest BCUT2D eigenvalue weighted by atomic mass is 14.8. The van der Waals surface area contributed by atoms with E-state index in [9.17, 15) is 0 Å². The molecule has 0 saturated heterocycles. The first-order valence-electron chi connectivity index (χ1n) is 12.0. The number of hydrogen-bond donors (Lipinski definition) is 0. The Labute approximate surface area is 208 Å². The molecule has 3 heterocycles. The van der Waals surface area contributed by atoms with E-state index >= 15 is 0 Å². The molecule has 3 aromatic heterocycles. The third kappa shape index (κ3) is 3.50. The molecule has 36 heavy (non-hydrogen) atoms. The molecule has 4 aromatic carbocycles. The second-order valence-corrected chi connectivity index (χ2v) is 8.90. The molecule has 168 valence electrons. The van der Waals surface area contributed by atoms with Gasteiger partial charge in [0, 0.05) is 21.9 Å². The molecule has 0 bridgehead atoms. The molecule has 7 aromatic rings. The van der Waals surface area contributed by atoms with Crippen molar-refractivity contribution < 1.29 is 0 Å². The molecule has 3 heteroatoms. The first kappa shape index (κ1) is 20.5. The van der Waals surface area contributed by atoms with E-state index in [2.05, 4.69) is 84.9 Å². The molecule has 0 aliphatic heterocycles. The minimum Gasteiger partial charge on any atom is -0.246 e. The minimum absolute atomic E-state index is 0.838. The van der Waals surface area contributed by atoms with Crippen LogP contribution in [0.1, 0.15) is 0 Å². The van der Waals surface area contributed by atoms with Crippen molar-refractivity contribution in [3.05, 3.63) is 127 Å². The van der Waals surface area contributed by atoms with Crippen molar-refractivity contribution in [3.8, 4) is 33.9 Å². The van der Waals surface area contributed by atoms with Crippen LogP contribution < -0.4 is 0 Å². The lowest BCUT2D eigenvalue weighted by atomic mass is 10.0. The van der Waals surface area contributed by atoms with Gasteiger partial charge in [0.2, 0.25) is 0 Å². The van der Waals surface area contributed by atoms with Gasteiger partial charge in [-0.15, -0.1) is 0 Å². The van der Waals surface area contributed by atoms with Gasteiger partial charge in [0.1, 0.15) is 0 Å². The van der Waals surface area contributed by atoms with Crippen molar-refractivity contribution in [3.63, 3.8) is 0 Å². The quantitative estimate of drug-likeness (QED) is 0.249. The van der Waals surface area contributed by atoms with E-state index in [1.807, 2.05) is 42.5 Å². The Kier molecular flexibility index (Phi) is 4.78. The van der Waals surface area contributed by atoms with Gasteiger partial charge in [-0.2, -0.15) is 0 Å². The van der Waals surface area contributed by atoms with Crippen LogP contribution in [-0.4, -0.2) is 15.0 Å². The van der Waals surface area contributed by atoms with Crippen LogP contribution >= 0.6 is 0 Å². The standard InChI is InChI=1S/C33H21N3/c1-2-9-23(10-3-1)28-14-7-15-30(34-28)31-21-19-25-17-16-24-18-20-29(35-32(24)33(25)36-31)27-13-6-11-22-8-4-5-12-26(22)27/h1-21H. The smallest absolute Gasteiger partial charge is 0.0973 e. The molecule has 7 rings (SSSR count). The van der Waals surface area contributed by atoms with Gasteiger partial charge in [0.05, 0.1) is 33.8 Å². The fraction of sp³-hybridized carbons (Fsp3) is 0. The van der Waals surface area contributed by atoms with Crippen LogP contribution in [0.25, 0.3) is 66.5 Å². The monoisotopic (exact) mass is 459 g/mol. The third-order valence-electron chi connectivity index (χ3n) is 6.67. The van der Waals surface area contributed by atoms with Crippen LogP contribution in [0.15, 0.2) is 127 Å². The van der Waals surface area contributed by atoms with Crippen molar-refractivity contribution in [1.82, 2.24) is 15.0 Å². The first-order chi connectivity index (χ1) is 17.8. The Balaban J connectivity index is 1.40. The van der Waals surface area contributed by atoms with Crippen molar-refractivity contribution in [2.45, 2.75) is 0 Å². The van der Waals surface area contributed by atoms with Gasteiger partial charge in [0.25, 0.3) is 0 Å². The summed E-state index contributed by atoms with van der Waals surface area (Å²) in [7, 11) is 0. The number of aromatic nitrogens is 3. The summed E-state index contributed by atoms with van der Waals surface area (Å²) in [6.07, 6.45) is 0. The molecule has 0 fully saturated rings. The highest BCUT2D eigenvalue weighted by molar-refractivity contribution is 6.05. The Morgan fingerprint density at radius 3 is 1.75 bits per heavy atom. The van der Waals surface area contributed by atoms with E-state index in [1.165, 1.54) is 10.8 Å². The van der Waals surface area contributed by atoms with Crippen molar-refractivity contribution >= 4 is 32.6 Å². The number of pyridine rings is 3. The summed E-state index contributed by atoms with van der Waals surface area (Å²) in [5.74, 6) is 0. The lowest BCUT2D eigenvalue weighted by Gasteiger charge is -2.10. The summed E-state index contributed by atoms with van der Waals surface area (Å²) < 4.78 is 0. The van der Waals surface area contributed by atoms with Crippen LogP contribution in [-0.2, 0) is 0 Å². The van der Waals surface area contributed by atoms with Gasteiger partial charge in [-0.3, -0.25) is 0 Å². The van der Waals surface area contributed by atoms with Crippen molar-refractivity contribution in [2.75, 3.05) is 0 Å². The molecule has 3 nitrogen and oxygen atoms in total. The van der Waals surface area contributed by atoms with Gasteiger partial charge in [-0.1, -0.05) is 103 Å². The summed E-state index contributed by atoms with van der Waals surface area (Å²) in [6.45, 7) is 0. The van der Waals surface area contributed by atoms with Crippen LogP contribution in [0.3, 0.4) is 0 Å². The molecule has 0 amide bonds. The predicted octanol–water partition coefficient (Wildman–Crippen LogP) is 8.33. The lowest BCUT2D eigenvalue weighted by Crippen LogP contribution is -1.93. The van der Waals surface area contributed by atoms with E-state index in [-0.39, 0.29) is 0 Å². The summed E-state index contributed by atoms with van der Waals surface area (Å²) >= 11 is 0. The Morgan fingerprint density at radius 1 is 0.333 bits per heavy atom. The van der Waals surface area contributed by atoms with Gasteiger partial charge in [-0.05, 0) is 35.0 Å². The Hall–Kier alpha value is -4.89. The average Bonchev–Trinajstić information content (AvgIpc) is 2.97. The third-order valence-corrected chi connectivity index (χ3v) is 6.67. The zero-order valence-corrected chi connectivity index (χ0v) is 19.5.